The molecule has 0 aliphatic carbocycles. The van der Waals surface area contributed by atoms with Crippen molar-refractivity contribution in [2.45, 2.75) is 26.5 Å². The molecule has 1 N–H and O–H groups in total. The number of halogens is 1. The van der Waals surface area contributed by atoms with E-state index in [2.05, 4.69) is 24.7 Å². The second-order valence-corrected chi connectivity index (χ2v) is 8.62. The summed E-state index contributed by atoms with van der Waals surface area (Å²) in [6.07, 6.45) is 4.52. The fourth-order valence-corrected chi connectivity index (χ4v) is 3.83. The van der Waals surface area contributed by atoms with Gasteiger partial charge in [0.2, 0.25) is 5.88 Å². The topological polar surface area (TPSA) is 59.8 Å². The molecule has 0 spiro atoms. The van der Waals surface area contributed by atoms with Gasteiger partial charge < -0.3 is 14.6 Å². The van der Waals surface area contributed by atoms with Gasteiger partial charge in [0.25, 0.3) is 0 Å². The number of nitrogens with zero attached hydrogens (tertiary/aromatic N) is 3. The van der Waals surface area contributed by atoms with Crippen LogP contribution in [0, 0.1) is 24.1 Å². The second-order valence-electron chi connectivity index (χ2n) is 8.62. The summed E-state index contributed by atoms with van der Waals surface area (Å²) >= 11 is 0. The number of aryl methyl sites for hydroxylation is 1. The standard InChI is InChI=1S/C27H32FN3O3/c1-5-15-33-19-22(32)17-31(16-20(2)3)18-23-26(21-11-7-6-8-12-21)29-30(4)27(23)34-25-14-10-9-13-24(25)28/h1,6-14,20,22,32H,15-19H2,2-4H3. The van der Waals surface area contributed by atoms with E-state index in [-0.39, 0.29) is 19.0 Å². The number of para-hydroxylation sites is 1. The summed E-state index contributed by atoms with van der Waals surface area (Å²) < 4.78 is 27.4. The van der Waals surface area contributed by atoms with Crippen molar-refractivity contribution in [3.05, 3.63) is 66.0 Å². The summed E-state index contributed by atoms with van der Waals surface area (Å²) in [6, 6.07) is 16.1. The van der Waals surface area contributed by atoms with Crippen LogP contribution in [0.1, 0.15) is 19.4 Å². The zero-order valence-corrected chi connectivity index (χ0v) is 19.9. The van der Waals surface area contributed by atoms with Crippen LogP contribution in [0.3, 0.4) is 0 Å². The molecule has 180 valence electrons. The predicted molar refractivity (Wildman–Crippen MR) is 131 cm³/mol. The molecule has 2 aromatic carbocycles. The number of hydrogen-bond acceptors (Lipinski definition) is 5. The van der Waals surface area contributed by atoms with E-state index in [1.807, 2.05) is 30.3 Å². The minimum Gasteiger partial charge on any atom is -0.436 e. The first-order valence-corrected chi connectivity index (χ1v) is 11.3. The Hall–Kier alpha value is -3.18. The summed E-state index contributed by atoms with van der Waals surface area (Å²) in [6.45, 7) is 6.10. The third kappa shape index (κ3) is 6.91. The van der Waals surface area contributed by atoms with Gasteiger partial charge in [-0.05, 0) is 18.1 Å². The molecule has 3 rings (SSSR count). The highest BCUT2D eigenvalue weighted by atomic mass is 19.1. The molecule has 1 heterocycles. The predicted octanol–water partition coefficient (Wildman–Crippen LogP) is 4.49. The first kappa shape index (κ1) is 25.4. The lowest BCUT2D eigenvalue weighted by Crippen LogP contribution is -2.37. The SMILES string of the molecule is C#CCOCC(O)CN(Cc1c(-c2ccccc2)nn(C)c1Oc1ccccc1F)CC(C)C. The number of ether oxygens (including phenoxy) is 2. The summed E-state index contributed by atoms with van der Waals surface area (Å²) in [7, 11) is 1.78. The van der Waals surface area contributed by atoms with Crippen LogP contribution in [-0.4, -0.2) is 52.2 Å². The minimum absolute atomic E-state index is 0.129. The first-order valence-electron chi connectivity index (χ1n) is 11.3. The third-order valence-corrected chi connectivity index (χ3v) is 5.15. The summed E-state index contributed by atoms with van der Waals surface area (Å²) in [5, 5.41) is 15.2. The van der Waals surface area contributed by atoms with Crippen molar-refractivity contribution in [2.24, 2.45) is 13.0 Å². The van der Waals surface area contributed by atoms with Gasteiger partial charge in [0, 0.05) is 32.2 Å². The van der Waals surface area contributed by atoms with Crippen molar-refractivity contribution < 1.29 is 19.0 Å². The monoisotopic (exact) mass is 465 g/mol. The molecule has 1 aromatic heterocycles. The minimum atomic E-state index is -0.708. The Morgan fingerprint density at radius 2 is 1.82 bits per heavy atom. The van der Waals surface area contributed by atoms with Gasteiger partial charge in [-0.25, -0.2) is 9.07 Å². The van der Waals surface area contributed by atoms with E-state index < -0.39 is 11.9 Å². The number of hydrogen-bond donors (Lipinski definition) is 1. The van der Waals surface area contributed by atoms with E-state index in [1.165, 1.54) is 6.07 Å². The average molecular weight is 466 g/mol. The maximum absolute atomic E-state index is 14.4. The lowest BCUT2D eigenvalue weighted by molar-refractivity contribution is 0.0237. The molecular weight excluding hydrogens is 433 g/mol. The Labute approximate surface area is 200 Å². The van der Waals surface area contributed by atoms with Crippen molar-refractivity contribution in [2.75, 3.05) is 26.3 Å². The van der Waals surface area contributed by atoms with E-state index in [4.69, 9.17) is 21.0 Å². The molecule has 1 unspecified atom stereocenters. The summed E-state index contributed by atoms with van der Waals surface area (Å²) in [5.74, 6) is 2.90. The van der Waals surface area contributed by atoms with Crippen molar-refractivity contribution in [1.29, 1.82) is 0 Å². The number of aliphatic hydroxyl groups is 1. The smallest absolute Gasteiger partial charge is 0.222 e. The molecule has 0 saturated heterocycles. The Balaban J connectivity index is 1.96. The number of terminal acetylenes is 1. The van der Waals surface area contributed by atoms with Gasteiger partial charge in [-0.1, -0.05) is 62.2 Å². The molecule has 1 atom stereocenters. The van der Waals surface area contributed by atoms with E-state index >= 15 is 0 Å². The Bertz CT molecular complexity index is 1090. The fourth-order valence-electron chi connectivity index (χ4n) is 3.83. The van der Waals surface area contributed by atoms with Crippen LogP contribution in [0.5, 0.6) is 11.6 Å². The summed E-state index contributed by atoms with van der Waals surface area (Å²) in [5.41, 5.74) is 2.49. The van der Waals surface area contributed by atoms with Crippen LogP contribution >= 0.6 is 0 Å². The quantitative estimate of drug-likeness (QED) is 0.316. The average Bonchev–Trinajstić information content (AvgIpc) is 3.10. The van der Waals surface area contributed by atoms with Crippen LogP contribution in [0.15, 0.2) is 54.6 Å². The van der Waals surface area contributed by atoms with Gasteiger partial charge in [-0.15, -0.1) is 6.42 Å². The normalized spacial score (nSPS) is 12.2. The molecule has 34 heavy (non-hydrogen) atoms. The van der Waals surface area contributed by atoms with Gasteiger partial charge in [-0.3, -0.25) is 4.90 Å². The van der Waals surface area contributed by atoms with E-state index in [0.717, 1.165) is 23.4 Å². The van der Waals surface area contributed by atoms with Gasteiger partial charge in [0.1, 0.15) is 12.3 Å². The molecule has 0 radical (unpaired) electrons. The fraction of sp³-hybridized carbons (Fsp3) is 0.370. The molecule has 0 saturated carbocycles. The van der Waals surface area contributed by atoms with Gasteiger partial charge in [0.05, 0.1) is 18.3 Å². The largest absolute Gasteiger partial charge is 0.436 e. The molecule has 0 aliphatic rings. The number of aromatic nitrogens is 2. The van der Waals surface area contributed by atoms with Crippen LogP contribution in [0.2, 0.25) is 0 Å². The van der Waals surface area contributed by atoms with Gasteiger partial charge in [-0.2, -0.15) is 5.10 Å². The van der Waals surface area contributed by atoms with Crippen molar-refractivity contribution in [1.82, 2.24) is 14.7 Å². The molecule has 7 heteroatoms. The van der Waals surface area contributed by atoms with E-state index in [1.54, 1.807) is 29.9 Å². The maximum atomic E-state index is 14.4. The zero-order valence-electron chi connectivity index (χ0n) is 19.9. The molecule has 3 aromatic rings. The Kier molecular flexibility index (Phi) is 9.23. The first-order chi connectivity index (χ1) is 16.4. The zero-order chi connectivity index (χ0) is 24.5. The lowest BCUT2D eigenvalue weighted by Gasteiger charge is -2.27. The highest BCUT2D eigenvalue weighted by Gasteiger charge is 2.24. The number of benzene rings is 2. The Morgan fingerprint density at radius 3 is 2.50 bits per heavy atom. The van der Waals surface area contributed by atoms with Crippen LogP contribution in [0.25, 0.3) is 11.3 Å². The van der Waals surface area contributed by atoms with Crippen molar-refractivity contribution in [3.63, 3.8) is 0 Å². The third-order valence-electron chi connectivity index (χ3n) is 5.15. The number of rotatable bonds is 12. The molecule has 0 aliphatic heterocycles. The van der Waals surface area contributed by atoms with Crippen LogP contribution in [-0.2, 0) is 18.3 Å². The molecule has 6 nitrogen and oxygen atoms in total. The van der Waals surface area contributed by atoms with E-state index in [9.17, 15) is 9.50 Å². The van der Waals surface area contributed by atoms with Gasteiger partial charge >= 0.3 is 0 Å². The molecular formula is C27H32FN3O3. The molecule has 0 fully saturated rings. The molecule has 0 amide bonds. The highest BCUT2D eigenvalue weighted by molar-refractivity contribution is 5.65. The van der Waals surface area contributed by atoms with Crippen molar-refractivity contribution >= 4 is 0 Å². The van der Waals surface area contributed by atoms with E-state index in [0.29, 0.717) is 24.9 Å². The highest BCUT2D eigenvalue weighted by Crippen LogP contribution is 2.35. The number of aliphatic hydroxyl groups excluding tert-OH is 1. The Morgan fingerprint density at radius 1 is 1.12 bits per heavy atom. The second kappa shape index (κ2) is 12.3. The summed E-state index contributed by atoms with van der Waals surface area (Å²) in [4.78, 5) is 2.13. The lowest BCUT2D eigenvalue weighted by atomic mass is 10.1. The maximum Gasteiger partial charge on any atom is 0.222 e. The van der Waals surface area contributed by atoms with Crippen molar-refractivity contribution in [3.8, 4) is 35.2 Å². The van der Waals surface area contributed by atoms with Crippen LogP contribution < -0.4 is 4.74 Å². The van der Waals surface area contributed by atoms with Crippen LogP contribution in [0.4, 0.5) is 4.39 Å². The molecule has 0 bridgehead atoms. The van der Waals surface area contributed by atoms with Gasteiger partial charge in [0.15, 0.2) is 11.6 Å².